The van der Waals surface area contributed by atoms with Crippen LogP contribution in [-0.2, 0) is 0 Å². The molecule has 0 aromatic carbocycles. The van der Waals surface area contributed by atoms with E-state index in [9.17, 15) is 4.39 Å². The van der Waals surface area contributed by atoms with E-state index in [1.54, 1.807) is 10.9 Å². The minimum atomic E-state index is -0.324. The molecule has 84 valence electrons. The number of aryl methyl sites for hydroxylation is 1. The topological polar surface area (TPSA) is 30.7 Å². The SMILES string of the molecule is Cc1cccnc1-c1nn(C(C)C)cc1F. The molecule has 16 heavy (non-hydrogen) atoms. The van der Waals surface area contributed by atoms with E-state index in [4.69, 9.17) is 0 Å². The Morgan fingerprint density at radius 1 is 1.31 bits per heavy atom. The lowest BCUT2D eigenvalue weighted by molar-refractivity contribution is 0.527. The summed E-state index contributed by atoms with van der Waals surface area (Å²) >= 11 is 0. The van der Waals surface area contributed by atoms with Crippen LogP contribution in [0, 0.1) is 12.7 Å². The van der Waals surface area contributed by atoms with Gasteiger partial charge in [0, 0.05) is 12.2 Å². The summed E-state index contributed by atoms with van der Waals surface area (Å²) in [6, 6.07) is 3.87. The quantitative estimate of drug-likeness (QED) is 0.777. The van der Waals surface area contributed by atoms with Crippen molar-refractivity contribution in [1.29, 1.82) is 0 Å². The summed E-state index contributed by atoms with van der Waals surface area (Å²) < 4.78 is 15.3. The zero-order valence-corrected chi connectivity index (χ0v) is 9.61. The molecule has 0 N–H and O–H groups in total. The monoisotopic (exact) mass is 219 g/mol. The normalized spacial score (nSPS) is 11.1. The van der Waals surface area contributed by atoms with Crippen LogP contribution < -0.4 is 0 Å². The first-order valence-electron chi connectivity index (χ1n) is 5.26. The first kappa shape index (κ1) is 10.8. The molecule has 4 heteroatoms. The smallest absolute Gasteiger partial charge is 0.170 e. The molecule has 2 aromatic heterocycles. The summed E-state index contributed by atoms with van der Waals surface area (Å²) in [6.07, 6.45) is 3.06. The molecular weight excluding hydrogens is 205 g/mol. The zero-order valence-electron chi connectivity index (χ0n) is 9.61. The average molecular weight is 219 g/mol. The van der Waals surface area contributed by atoms with Crippen LogP contribution in [0.25, 0.3) is 11.4 Å². The molecule has 0 fully saturated rings. The molecule has 0 aliphatic heterocycles. The minimum absolute atomic E-state index is 0.146. The van der Waals surface area contributed by atoms with Crippen LogP contribution in [0.5, 0.6) is 0 Å². The van der Waals surface area contributed by atoms with Gasteiger partial charge in [0.2, 0.25) is 0 Å². The van der Waals surface area contributed by atoms with Gasteiger partial charge < -0.3 is 0 Å². The van der Waals surface area contributed by atoms with Gasteiger partial charge in [0.05, 0.1) is 11.9 Å². The standard InChI is InChI=1S/C12H14FN3/c1-8(2)16-7-10(13)12(15-16)11-9(3)5-4-6-14-11/h4-8H,1-3H3. The van der Waals surface area contributed by atoms with Crippen molar-refractivity contribution in [3.8, 4) is 11.4 Å². The Balaban J connectivity index is 2.52. The van der Waals surface area contributed by atoms with Crippen LogP contribution in [0.2, 0.25) is 0 Å². The van der Waals surface area contributed by atoms with Gasteiger partial charge in [-0.25, -0.2) is 4.39 Å². The second-order valence-electron chi connectivity index (χ2n) is 4.07. The highest BCUT2D eigenvalue weighted by Gasteiger charge is 2.14. The number of nitrogens with zero attached hydrogens (tertiary/aromatic N) is 3. The molecule has 0 radical (unpaired) electrons. The molecular formula is C12H14FN3. The molecule has 2 rings (SSSR count). The predicted molar refractivity (Wildman–Crippen MR) is 60.5 cm³/mol. The second kappa shape index (κ2) is 4.04. The first-order valence-corrected chi connectivity index (χ1v) is 5.26. The maximum atomic E-state index is 13.7. The first-order chi connectivity index (χ1) is 7.59. The summed E-state index contributed by atoms with van der Waals surface area (Å²) in [6.45, 7) is 5.82. The van der Waals surface area contributed by atoms with E-state index in [-0.39, 0.29) is 11.9 Å². The maximum absolute atomic E-state index is 13.7. The number of hydrogen-bond acceptors (Lipinski definition) is 2. The van der Waals surface area contributed by atoms with Crippen LogP contribution in [0.3, 0.4) is 0 Å². The van der Waals surface area contributed by atoms with Gasteiger partial charge in [-0.15, -0.1) is 0 Å². The highest BCUT2D eigenvalue weighted by atomic mass is 19.1. The van der Waals surface area contributed by atoms with Gasteiger partial charge in [-0.2, -0.15) is 5.10 Å². The second-order valence-corrected chi connectivity index (χ2v) is 4.07. The third kappa shape index (κ3) is 1.83. The summed E-state index contributed by atoms with van der Waals surface area (Å²) in [5, 5.41) is 4.22. The van der Waals surface area contributed by atoms with Crippen molar-refractivity contribution < 1.29 is 4.39 Å². The number of halogens is 1. The van der Waals surface area contributed by atoms with Crippen LogP contribution in [0.15, 0.2) is 24.5 Å². The molecule has 0 bridgehead atoms. The van der Waals surface area contributed by atoms with Crippen LogP contribution >= 0.6 is 0 Å². The van der Waals surface area contributed by atoms with Gasteiger partial charge in [0.15, 0.2) is 5.82 Å². The largest absolute Gasteiger partial charge is 0.267 e. The third-order valence-corrected chi connectivity index (χ3v) is 2.45. The van der Waals surface area contributed by atoms with E-state index in [2.05, 4.69) is 10.1 Å². The van der Waals surface area contributed by atoms with Crippen molar-refractivity contribution >= 4 is 0 Å². The fraction of sp³-hybridized carbons (Fsp3) is 0.333. The number of hydrogen-bond donors (Lipinski definition) is 0. The molecule has 0 unspecified atom stereocenters. The highest BCUT2D eigenvalue weighted by molar-refractivity contribution is 5.58. The average Bonchev–Trinajstić information content (AvgIpc) is 2.61. The summed E-state index contributed by atoms with van der Waals surface area (Å²) in [5.41, 5.74) is 1.86. The van der Waals surface area contributed by atoms with Crippen molar-refractivity contribution in [1.82, 2.24) is 14.8 Å². The number of rotatable bonds is 2. The van der Waals surface area contributed by atoms with E-state index >= 15 is 0 Å². The summed E-state index contributed by atoms with van der Waals surface area (Å²) in [5.74, 6) is -0.324. The van der Waals surface area contributed by atoms with Crippen LogP contribution in [0.1, 0.15) is 25.5 Å². The van der Waals surface area contributed by atoms with E-state index in [0.717, 1.165) is 5.56 Å². The Bertz CT molecular complexity index is 503. The number of aromatic nitrogens is 3. The van der Waals surface area contributed by atoms with Crippen molar-refractivity contribution in [2.75, 3.05) is 0 Å². The molecule has 0 saturated carbocycles. The Hall–Kier alpha value is -1.71. The Morgan fingerprint density at radius 2 is 2.06 bits per heavy atom. The van der Waals surface area contributed by atoms with Crippen LogP contribution in [-0.4, -0.2) is 14.8 Å². The van der Waals surface area contributed by atoms with Gasteiger partial charge in [-0.1, -0.05) is 6.07 Å². The Kier molecular flexibility index (Phi) is 2.73. The molecule has 0 amide bonds. The number of pyridine rings is 1. The van der Waals surface area contributed by atoms with Gasteiger partial charge >= 0.3 is 0 Å². The Labute approximate surface area is 93.9 Å². The molecule has 0 spiro atoms. The highest BCUT2D eigenvalue weighted by Crippen LogP contribution is 2.22. The molecule has 0 aliphatic rings. The molecule has 3 nitrogen and oxygen atoms in total. The zero-order chi connectivity index (χ0) is 11.7. The van der Waals surface area contributed by atoms with Gasteiger partial charge in [-0.05, 0) is 32.4 Å². The summed E-state index contributed by atoms with van der Waals surface area (Å²) in [4.78, 5) is 4.17. The predicted octanol–water partition coefficient (Wildman–Crippen LogP) is 2.97. The van der Waals surface area contributed by atoms with Crippen molar-refractivity contribution in [3.63, 3.8) is 0 Å². The lowest BCUT2D eigenvalue weighted by atomic mass is 10.2. The van der Waals surface area contributed by atoms with Crippen molar-refractivity contribution in [2.24, 2.45) is 0 Å². The molecule has 0 aliphatic carbocycles. The van der Waals surface area contributed by atoms with E-state index in [1.807, 2.05) is 32.9 Å². The van der Waals surface area contributed by atoms with E-state index in [0.29, 0.717) is 11.4 Å². The van der Waals surface area contributed by atoms with E-state index in [1.165, 1.54) is 6.20 Å². The van der Waals surface area contributed by atoms with Crippen molar-refractivity contribution in [2.45, 2.75) is 26.8 Å². The fourth-order valence-corrected chi connectivity index (χ4v) is 1.53. The van der Waals surface area contributed by atoms with Gasteiger partial charge in [-0.3, -0.25) is 9.67 Å². The minimum Gasteiger partial charge on any atom is -0.267 e. The molecule has 0 atom stereocenters. The maximum Gasteiger partial charge on any atom is 0.170 e. The van der Waals surface area contributed by atoms with E-state index < -0.39 is 0 Å². The lowest BCUT2D eigenvalue weighted by Crippen LogP contribution is -2.01. The van der Waals surface area contributed by atoms with Crippen LogP contribution in [0.4, 0.5) is 4.39 Å². The van der Waals surface area contributed by atoms with Crippen molar-refractivity contribution in [3.05, 3.63) is 35.9 Å². The lowest BCUT2D eigenvalue weighted by Gasteiger charge is -2.03. The van der Waals surface area contributed by atoms with Gasteiger partial charge in [0.1, 0.15) is 5.69 Å². The third-order valence-electron chi connectivity index (χ3n) is 2.45. The fourth-order valence-electron chi connectivity index (χ4n) is 1.53. The molecule has 0 saturated heterocycles. The molecule has 2 aromatic rings. The Morgan fingerprint density at radius 3 is 2.62 bits per heavy atom. The summed E-state index contributed by atoms with van der Waals surface area (Å²) in [7, 11) is 0. The van der Waals surface area contributed by atoms with Gasteiger partial charge in [0.25, 0.3) is 0 Å². The molecule has 2 heterocycles.